The maximum atomic E-state index is 12.0. The monoisotopic (exact) mass is 337 g/mol. The normalized spacial score (nSPS) is 23.3. The van der Waals surface area contributed by atoms with Crippen LogP contribution in [0.5, 0.6) is 0 Å². The van der Waals surface area contributed by atoms with Gasteiger partial charge in [0.05, 0.1) is 0 Å². The minimum atomic E-state index is 0.0758. The molecule has 1 fully saturated rings. The molecule has 1 saturated heterocycles. The van der Waals surface area contributed by atoms with Crippen LogP contribution in [0, 0.1) is 5.92 Å². The Morgan fingerprint density at radius 3 is 2.59 bits per heavy atom. The Balaban J connectivity index is 1.70. The summed E-state index contributed by atoms with van der Waals surface area (Å²) in [6, 6.07) is 5.47. The van der Waals surface area contributed by atoms with Crippen LogP contribution in [-0.4, -0.2) is 32.6 Å². The van der Waals surface area contributed by atoms with Crippen molar-refractivity contribution in [3.8, 4) is 0 Å². The third-order valence-corrected chi connectivity index (χ3v) is 4.67. The Hall–Kier alpha value is -1.66. The molecule has 0 aromatic carbocycles. The summed E-state index contributed by atoms with van der Waals surface area (Å²) >= 11 is 11.7. The molecule has 0 spiro atoms. The number of rotatable bonds is 1. The van der Waals surface area contributed by atoms with E-state index in [0.29, 0.717) is 11.9 Å². The first-order chi connectivity index (χ1) is 10.6. The molecule has 0 radical (unpaired) electrons. The molecule has 0 unspecified atom stereocenters. The molecule has 2 aliphatic heterocycles. The Labute approximate surface area is 136 Å². The van der Waals surface area contributed by atoms with E-state index in [2.05, 4.69) is 19.9 Å². The van der Waals surface area contributed by atoms with Gasteiger partial charge in [0.2, 0.25) is 16.5 Å². The number of aromatic nitrogens is 4. The Morgan fingerprint density at radius 1 is 1.05 bits per heavy atom. The summed E-state index contributed by atoms with van der Waals surface area (Å²) in [4.78, 5) is 26.2. The van der Waals surface area contributed by atoms with Crippen LogP contribution < -0.4 is 10.5 Å². The van der Waals surface area contributed by atoms with Crippen LogP contribution in [0.1, 0.15) is 18.0 Å². The fourth-order valence-electron chi connectivity index (χ4n) is 3.52. The lowest BCUT2D eigenvalue weighted by Gasteiger charge is -2.42. The first-order valence-electron chi connectivity index (χ1n) is 7.12. The van der Waals surface area contributed by atoms with E-state index >= 15 is 0 Å². The molecule has 2 aliphatic rings. The lowest BCUT2D eigenvalue weighted by atomic mass is 9.83. The van der Waals surface area contributed by atoms with E-state index in [1.54, 1.807) is 6.07 Å². The molecule has 8 heteroatoms. The number of halogens is 2. The molecule has 2 atom stereocenters. The van der Waals surface area contributed by atoms with Crippen molar-refractivity contribution in [1.82, 2.24) is 19.5 Å². The molecule has 4 heterocycles. The van der Waals surface area contributed by atoms with Gasteiger partial charge in [0, 0.05) is 37.3 Å². The smallest absolute Gasteiger partial charge is 0.250 e. The number of pyridine rings is 1. The average Bonchev–Trinajstić information content (AvgIpc) is 2.47. The summed E-state index contributed by atoms with van der Waals surface area (Å²) in [5.41, 5.74) is 1.16. The zero-order valence-corrected chi connectivity index (χ0v) is 13.1. The topological polar surface area (TPSA) is 63.9 Å². The first kappa shape index (κ1) is 14.0. The second-order valence-electron chi connectivity index (χ2n) is 5.78. The van der Waals surface area contributed by atoms with Gasteiger partial charge in [-0.2, -0.15) is 15.0 Å². The van der Waals surface area contributed by atoms with Crippen molar-refractivity contribution in [2.45, 2.75) is 18.9 Å². The molecule has 0 aliphatic carbocycles. The molecule has 2 aromatic rings. The zero-order valence-electron chi connectivity index (χ0n) is 11.6. The van der Waals surface area contributed by atoms with Gasteiger partial charge in [0.15, 0.2) is 0 Å². The molecule has 2 aromatic heterocycles. The van der Waals surface area contributed by atoms with Gasteiger partial charge in [0.25, 0.3) is 5.56 Å². The fraction of sp³-hybridized carbons (Fsp3) is 0.429. The number of fused-ring (bicyclic) bond motifs is 4. The summed E-state index contributed by atoms with van der Waals surface area (Å²) in [5, 5.41) is 0.199. The highest BCUT2D eigenvalue weighted by Gasteiger charge is 2.35. The van der Waals surface area contributed by atoms with Crippen molar-refractivity contribution in [2.24, 2.45) is 5.92 Å². The van der Waals surface area contributed by atoms with Gasteiger partial charge < -0.3 is 9.47 Å². The van der Waals surface area contributed by atoms with Crippen LogP contribution >= 0.6 is 23.2 Å². The average molecular weight is 338 g/mol. The van der Waals surface area contributed by atoms with Crippen molar-refractivity contribution in [3.63, 3.8) is 0 Å². The van der Waals surface area contributed by atoms with Gasteiger partial charge in [-0.1, -0.05) is 6.07 Å². The first-order valence-corrected chi connectivity index (χ1v) is 7.87. The second-order valence-corrected chi connectivity index (χ2v) is 6.45. The number of hydrogen-bond donors (Lipinski definition) is 0. The lowest BCUT2D eigenvalue weighted by Crippen LogP contribution is -2.47. The molecular formula is C14H13Cl2N5O. The molecule has 0 saturated carbocycles. The van der Waals surface area contributed by atoms with E-state index in [-0.39, 0.29) is 22.0 Å². The van der Waals surface area contributed by atoms with Crippen LogP contribution in [0.15, 0.2) is 23.0 Å². The number of hydrogen-bond acceptors (Lipinski definition) is 5. The quantitative estimate of drug-likeness (QED) is 0.795. The van der Waals surface area contributed by atoms with Crippen LogP contribution in [0.3, 0.4) is 0 Å². The summed E-state index contributed by atoms with van der Waals surface area (Å²) in [6.45, 7) is 2.26. The highest BCUT2D eigenvalue weighted by atomic mass is 35.5. The molecular weight excluding hydrogens is 325 g/mol. The summed E-state index contributed by atoms with van der Waals surface area (Å²) in [7, 11) is 0. The molecule has 22 heavy (non-hydrogen) atoms. The molecule has 4 rings (SSSR count). The van der Waals surface area contributed by atoms with Crippen molar-refractivity contribution < 1.29 is 0 Å². The van der Waals surface area contributed by atoms with E-state index in [4.69, 9.17) is 23.2 Å². The van der Waals surface area contributed by atoms with Gasteiger partial charge in [-0.05, 0) is 41.6 Å². The second kappa shape index (κ2) is 5.21. The minimum absolute atomic E-state index is 0.0758. The summed E-state index contributed by atoms with van der Waals surface area (Å²) in [6.07, 6.45) is 1.08. The molecule has 2 bridgehead atoms. The van der Waals surface area contributed by atoms with E-state index < -0.39 is 0 Å². The zero-order chi connectivity index (χ0) is 15.3. The third-order valence-electron chi connectivity index (χ3n) is 4.33. The SMILES string of the molecule is O=c1cccc2n1C[C@H]1C[C@@H]2CN(c2nc(Cl)nc(Cl)n2)C1. The lowest BCUT2D eigenvalue weighted by molar-refractivity contribution is 0.279. The predicted molar refractivity (Wildman–Crippen MR) is 83.6 cm³/mol. The van der Waals surface area contributed by atoms with Gasteiger partial charge in [-0.15, -0.1) is 0 Å². The standard InChI is InChI=1S/C14H13Cl2N5O/c15-12-17-13(16)19-14(18-12)20-5-8-4-9(7-20)10-2-1-3-11(22)21(10)6-8/h1-3,8-9H,4-7H2/t8-,9+/m0/s1. The van der Waals surface area contributed by atoms with Crippen LogP contribution in [0.2, 0.25) is 10.6 Å². The van der Waals surface area contributed by atoms with Crippen molar-refractivity contribution in [2.75, 3.05) is 18.0 Å². The van der Waals surface area contributed by atoms with E-state index in [9.17, 15) is 4.79 Å². The van der Waals surface area contributed by atoms with E-state index in [1.807, 2.05) is 16.7 Å². The van der Waals surface area contributed by atoms with Crippen LogP contribution in [0.4, 0.5) is 5.95 Å². The van der Waals surface area contributed by atoms with Crippen molar-refractivity contribution in [3.05, 3.63) is 44.8 Å². The van der Waals surface area contributed by atoms with Gasteiger partial charge in [0.1, 0.15) is 0 Å². The molecule has 0 amide bonds. The van der Waals surface area contributed by atoms with Gasteiger partial charge in [-0.25, -0.2) is 0 Å². The fourth-order valence-corrected chi connectivity index (χ4v) is 3.87. The number of anilines is 1. The molecule has 6 nitrogen and oxygen atoms in total. The summed E-state index contributed by atoms with van der Waals surface area (Å²) < 4.78 is 1.89. The van der Waals surface area contributed by atoms with E-state index in [0.717, 1.165) is 31.7 Å². The van der Waals surface area contributed by atoms with Gasteiger partial charge >= 0.3 is 0 Å². The largest absolute Gasteiger partial charge is 0.340 e. The maximum absolute atomic E-state index is 12.0. The van der Waals surface area contributed by atoms with Crippen LogP contribution in [-0.2, 0) is 6.54 Å². The Morgan fingerprint density at radius 2 is 1.82 bits per heavy atom. The molecule has 114 valence electrons. The van der Waals surface area contributed by atoms with E-state index in [1.165, 1.54) is 0 Å². The minimum Gasteiger partial charge on any atom is -0.340 e. The predicted octanol–water partition coefficient (Wildman–Crippen LogP) is 1.96. The van der Waals surface area contributed by atoms with Crippen LogP contribution in [0.25, 0.3) is 0 Å². The number of piperidine rings is 1. The maximum Gasteiger partial charge on any atom is 0.250 e. The highest BCUT2D eigenvalue weighted by molar-refractivity contribution is 6.31. The van der Waals surface area contributed by atoms with Gasteiger partial charge in [-0.3, -0.25) is 4.79 Å². The Kier molecular flexibility index (Phi) is 3.31. The number of nitrogens with zero attached hydrogens (tertiary/aromatic N) is 5. The highest BCUT2D eigenvalue weighted by Crippen LogP contribution is 2.36. The molecule has 0 N–H and O–H groups in total. The summed E-state index contributed by atoms with van der Waals surface area (Å²) in [5.74, 6) is 1.18. The van der Waals surface area contributed by atoms with Crippen molar-refractivity contribution in [1.29, 1.82) is 0 Å². The third kappa shape index (κ3) is 2.36. The van der Waals surface area contributed by atoms with Crippen molar-refractivity contribution >= 4 is 29.2 Å². The Bertz CT molecular complexity index is 773.